The van der Waals surface area contributed by atoms with Crippen molar-refractivity contribution in [3.63, 3.8) is 0 Å². The molecular weight excluding hydrogens is 440 g/mol. The maximum atomic E-state index is 9.11. The zero-order chi connectivity index (χ0) is 23.3. The minimum atomic E-state index is -0.461. The van der Waals surface area contributed by atoms with Gasteiger partial charge in [0.2, 0.25) is 0 Å². The third kappa shape index (κ3) is 5.49. The maximum absolute atomic E-state index is 9.11. The standard InChI is InChI=1S/C24H38N4O4S/c1-3-20-12-21-22(33-20)4-9-32-24(21)5-7-28(18(2)13-24)15-19(27-25)14-26-16-23(31-11-8-29)6-10-30-17-23/h12,14,18,29H,3-11,13,15-17,25H2,1-2H3/b26-14?,27-19+/t18-,23?,24+/m0/s1. The second-order valence-corrected chi connectivity index (χ2v) is 10.6. The van der Waals surface area contributed by atoms with Crippen LogP contribution in [-0.4, -0.2) is 86.2 Å². The van der Waals surface area contributed by atoms with Gasteiger partial charge in [0.05, 0.1) is 44.3 Å². The number of rotatable bonds is 9. The summed E-state index contributed by atoms with van der Waals surface area (Å²) in [7, 11) is 0. The molecule has 3 N–H and O–H groups in total. The van der Waals surface area contributed by atoms with E-state index in [2.05, 4.69) is 34.9 Å². The average Bonchev–Trinajstić information content (AvgIpc) is 3.47. The molecule has 9 heteroatoms. The van der Waals surface area contributed by atoms with Crippen LogP contribution in [-0.2, 0) is 32.7 Å². The van der Waals surface area contributed by atoms with E-state index in [-0.39, 0.29) is 18.8 Å². The highest BCUT2D eigenvalue weighted by Gasteiger charge is 2.44. The van der Waals surface area contributed by atoms with Crippen LogP contribution in [0.25, 0.3) is 0 Å². The Labute approximate surface area is 200 Å². The number of piperidine rings is 1. The smallest absolute Gasteiger partial charge is 0.113 e. The van der Waals surface area contributed by atoms with Gasteiger partial charge in [0.25, 0.3) is 0 Å². The summed E-state index contributed by atoms with van der Waals surface area (Å²) in [5, 5.41) is 13.1. The molecule has 3 atom stereocenters. The SMILES string of the molecule is CCc1cc2c(s1)CCO[C@@]21CCN(C/C(C=NCC2(OCCO)CCOC2)=N/N)[C@@H](C)C1. The molecule has 2 fully saturated rings. The Hall–Kier alpha value is -1.36. The number of hydrogen-bond donors (Lipinski definition) is 2. The third-order valence-corrected chi connectivity index (χ3v) is 8.51. The van der Waals surface area contributed by atoms with Crippen LogP contribution in [0.1, 0.15) is 48.4 Å². The first kappa shape index (κ1) is 24.8. The highest BCUT2D eigenvalue weighted by molar-refractivity contribution is 7.12. The van der Waals surface area contributed by atoms with E-state index in [9.17, 15) is 0 Å². The van der Waals surface area contributed by atoms with Gasteiger partial charge in [0.15, 0.2) is 0 Å². The molecule has 0 amide bonds. The van der Waals surface area contributed by atoms with E-state index in [4.69, 9.17) is 25.2 Å². The number of aliphatic hydroxyl groups is 1. The van der Waals surface area contributed by atoms with Gasteiger partial charge in [0.1, 0.15) is 5.60 Å². The number of aliphatic imine (C=N–C) groups is 1. The molecule has 4 rings (SSSR count). The molecule has 33 heavy (non-hydrogen) atoms. The summed E-state index contributed by atoms with van der Waals surface area (Å²) in [5.41, 5.74) is 1.57. The van der Waals surface area contributed by atoms with Crippen LogP contribution in [0.5, 0.6) is 0 Å². The Morgan fingerprint density at radius 3 is 3.00 bits per heavy atom. The van der Waals surface area contributed by atoms with Crippen LogP contribution in [0.2, 0.25) is 0 Å². The Morgan fingerprint density at radius 1 is 1.42 bits per heavy atom. The highest BCUT2D eigenvalue weighted by atomic mass is 32.1. The lowest BCUT2D eigenvalue weighted by Gasteiger charge is -2.47. The van der Waals surface area contributed by atoms with E-state index in [1.807, 2.05) is 11.3 Å². The molecule has 0 aromatic carbocycles. The lowest BCUT2D eigenvalue weighted by molar-refractivity contribution is -0.108. The fourth-order valence-corrected chi connectivity index (χ4v) is 6.46. The zero-order valence-corrected chi connectivity index (χ0v) is 20.7. The topological polar surface area (TPSA) is 102 Å². The molecule has 2 saturated heterocycles. The normalized spacial score (nSPS) is 31.0. The van der Waals surface area contributed by atoms with Gasteiger partial charge in [-0.05, 0) is 37.8 Å². The molecule has 1 spiro atoms. The molecular formula is C24H38N4O4S. The lowest BCUT2D eigenvalue weighted by atomic mass is 9.79. The van der Waals surface area contributed by atoms with Crippen molar-refractivity contribution in [2.24, 2.45) is 15.9 Å². The van der Waals surface area contributed by atoms with E-state index in [0.29, 0.717) is 32.3 Å². The van der Waals surface area contributed by atoms with Gasteiger partial charge >= 0.3 is 0 Å². The first-order valence-electron chi connectivity index (χ1n) is 12.1. The first-order valence-corrected chi connectivity index (χ1v) is 12.9. The Bertz CT molecular complexity index is 852. The van der Waals surface area contributed by atoms with Crippen molar-refractivity contribution in [3.8, 4) is 0 Å². The first-order chi connectivity index (χ1) is 16.0. The third-order valence-electron chi connectivity index (χ3n) is 7.18. The minimum Gasteiger partial charge on any atom is -0.394 e. The van der Waals surface area contributed by atoms with Crippen LogP contribution >= 0.6 is 11.3 Å². The van der Waals surface area contributed by atoms with E-state index < -0.39 is 5.60 Å². The van der Waals surface area contributed by atoms with Crippen molar-refractivity contribution in [2.75, 3.05) is 52.7 Å². The number of likely N-dealkylation sites (tertiary alicyclic amines) is 1. The fourth-order valence-electron chi connectivity index (χ4n) is 5.29. The molecule has 1 unspecified atom stereocenters. The summed E-state index contributed by atoms with van der Waals surface area (Å²) < 4.78 is 17.8. The minimum absolute atomic E-state index is 0.00828. The Balaban J connectivity index is 1.36. The largest absolute Gasteiger partial charge is 0.394 e. The Kier molecular flexibility index (Phi) is 8.19. The number of aliphatic hydroxyl groups excluding tert-OH is 1. The van der Waals surface area contributed by atoms with Crippen molar-refractivity contribution in [3.05, 3.63) is 21.4 Å². The van der Waals surface area contributed by atoms with Crippen LogP contribution < -0.4 is 5.84 Å². The van der Waals surface area contributed by atoms with Crippen molar-refractivity contribution in [1.82, 2.24) is 4.90 Å². The van der Waals surface area contributed by atoms with E-state index in [1.54, 1.807) is 6.21 Å². The number of aryl methyl sites for hydroxylation is 1. The van der Waals surface area contributed by atoms with Crippen molar-refractivity contribution in [1.29, 1.82) is 0 Å². The van der Waals surface area contributed by atoms with Gasteiger partial charge in [-0.2, -0.15) is 5.10 Å². The van der Waals surface area contributed by atoms with Crippen molar-refractivity contribution in [2.45, 2.75) is 63.2 Å². The molecule has 184 valence electrons. The molecule has 1 aromatic rings. The number of thiophene rings is 1. The highest BCUT2D eigenvalue weighted by Crippen LogP contribution is 2.46. The Morgan fingerprint density at radius 2 is 2.30 bits per heavy atom. The molecule has 8 nitrogen and oxygen atoms in total. The molecule has 3 aliphatic rings. The van der Waals surface area contributed by atoms with E-state index in [1.165, 1.54) is 15.3 Å². The molecule has 0 aliphatic carbocycles. The van der Waals surface area contributed by atoms with Crippen LogP contribution in [0, 0.1) is 0 Å². The van der Waals surface area contributed by atoms with E-state index in [0.717, 1.165) is 51.0 Å². The summed E-state index contributed by atoms with van der Waals surface area (Å²) in [4.78, 5) is 9.99. The molecule has 1 aromatic heterocycles. The maximum Gasteiger partial charge on any atom is 0.113 e. The summed E-state index contributed by atoms with van der Waals surface area (Å²) in [5.74, 6) is 5.72. The van der Waals surface area contributed by atoms with Gasteiger partial charge in [-0.25, -0.2) is 0 Å². The molecule has 0 radical (unpaired) electrons. The fraction of sp³-hybridized carbons (Fsp3) is 0.750. The zero-order valence-electron chi connectivity index (χ0n) is 19.9. The second-order valence-electron chi connectivity index (χ2n) is 9.42. The van der Waals surface area contributed by atoms with Gasteiger partial charge in [-0.3, -0.25) is 9.89 Å². The summed E-state index contributed by atoms with van der Waals surface area (Å²) in [6.07, 6.45) is 6.62. The number of ether oxygens (including phenoxy) is 3. The molecule has 0 saturated carbocycles. The number of hydrogen-bond acceptors (Lipinski definition) is 9. The number of fused-ring (bicyclic) bond motifs is 2. The van der Waals surface area contributed by atoms with Gasteiger partial charge in [-0.1, -0.05) is 6.92 Å². The summed E-state index contributed by atoms with van der Waals surface area (Å²) in [6, 6.07) is 2.74. The van der Waals surface area contributed by atoms with Crippen molar-refractivity contribution >= 4 is 23.3 Å². The average molecular weight is 479 g/mol. The van der Waals surface area contributed by atoms with Gasteiger partial charge in [-0.15, -0.1) is 11.3 Å². The monoisotopic (exact) mass is 478 g/mol. The molecule has 0 bridgehead atoms. The lowest BCUT2D eigenvalue weighted by Crippen LogP contribution is -2.51. The number of nitrogens with two attached hydrogens (primary N) is 1. The summed E-state index contributed by atoms with van der Waals surface area (Å²) in [6.45, 7) is 8.80. The van der Waals surface area contributed by atoms with Gasteiger partial charge in [0, 0.05) is 54.5 Å². The van der Waals surface area contributed by atoms with Crippen LogP contribution in [0.3, 0.4) is 0 Å². The number of nitrogens with zero attached hydrogens (tertiary/aromatic N) is 3. The van der Waals surface area contributed by atoms with Crippen LogP contribution in [0.15, 0.2) is 16.2 Å². The van der Waals surface area contributed by atoms with Crippen molar-refractivity contribution < 1.29 is 19.3 Å². The van der Waals surface area contributed by atoms with Crippen LogP contribution in [0.4, 0.5) is 0 Å². The molecule has 3 aliphatic heterocycles. The number of hydrazone groups is 1. The quantitative estimate of drug-likeness (QED) is 0.320. The summed E-state index contributed by atoms with van der Waals surface area (Å²) >= 11 is 1.96. The second kappa shape index (κ2) is 10.9. The van der Waals surface area contributed by atoms with Gasteiger partial charge < -0.3 is 25.2 Å². The predicted molar refractivity (Wildman–Crippen MR) is 131 cm³/mol. The predicted octanol–water partition coefficient (Wildman–Crippen LogP) is 2.12. The molecule has 4 heterocycles. The van der Waals surface area contributed by atoms with E-state index >= 15 is 0 Å².